The quantitative estimate of drug-likeness (QED) is 0.166. The lowest BCUT2D eigenvalue weighted by atomic mass is 9.91. The zero-order valence-electron chi connectivity index (χ0n) is 45.5. The van der Waals surface area contributed by atoms with Crippen LogP contribution in [0.4, 0.5) is 0 Å². The Bertz CT molecular complexity index is 5710. The minimum absolute atomic E-state index is 0.366. The summed E-state index contributed by atoms with van der Waals surface area (Å²) in [5.41, 5.74) is 15.1. The summed E-state index contributed by atoms with van der Waals surface area (Å²) in [5.74, 6) is 0. The molecule has 0 radical (unpaired) electrons. The van der Waals surface area contributed by atoms with Crippen molar-refractivity contribution in [2.75, 3.05) is 0 Å². The summed E-state index contributed by atoms with van der Waals surface area (Å²) < 4.78 is 11.6. The maximum absolute atomic E-state index is 12.8. The molecule has 13 aromatic carbocycles. The highest BCUT2D eigenvalue weighted by Gasteiger charge is 2.35. The summed E-state index contributed by atoms with van der Waals surface area (Å²) in [7, 11) is 0. The lowest BCUT2D eigenvalue weighted by Gasteiger charge is -2.27. The van der Waals surface area contributed by atoms with Crippen molar-refractivity contribution in [3.05, 3.63) is 278 Å². The molecular formula is C78H44N6S. The SMILES string of the molecule is N#Cc1c(-n2c3ccccc3c3ccccc32)c(C#N)c(-n2c3ccccc3c3ccccc32)c(-n2c3cc(-c4ccccc4-c4cccc5ccccc45)ccc3c3ccc4c5ccccc5sc4c32)c1-n1c2ccccc2c2ccccc21. The largest absolute Gasteiger partial charge is 0.306 e. The molecule has 0 unspecified atom stereocenters. The average molecular weight is 1100 g/mol. The van der Waals surface area contributed by atoms with Crippen LogP contribution in [0.5, 0.6) is 0 Å². The highest BCUT2D eigenvalue weighted by Crippen LogP contribution is 2.52. The number of aromatic nitrogens is 4. The Morgan fingerprint density at radius 2 is 0.659 bits per heavy atom. The number of hydrogen-bond acceptors (Lipinski definition) is 3. The molecule has 0 saturated carbocycles. The molecule has 0 N–H and O–H groups in total. The molecule has 0 atom stereocenters. The van der Waals surface area contributed by atoms with E-state index in [1.54, 1.807) is 11.3 Å². The Hall–Kier alpha value is -11.5. The lowest BCUT2D eigenvalue weighted by molar-refractivity contribution is 1.02. The molecule has 0 saturated heterocycles. The molecule has 0 bridgehead atoms. The normalized spacial score (nSPS) is 12.0. The van der Waals surface area contributed by atoms with E-state index in [-0.39, 0.29) is 0 Å². The van der Waals surface area contributed by atoms with Gasteiger partial charge in [0, 0.05) is 58.6 Å². The fourth-order valence-electron chi connectivity index (χ4n) is 14.4. The van der Waals surface area contributed by atoms with Crippen molar-refractivity contribution in [2.45, 2.75) is 0 Å². The van der Waals surface area contributed by atoms with Gasteiger partial charge in [-0.1, -0.05) is 218 Å². The van der Waals surface area contributed by atoms with Crippen molar-refractivity contribution >= 4 is 130 Å². The highest BCUT2D eigenvalue weighted by molar-refractivity contribution is 7.26. The predicted molar refractivity (Wildman–Crippen MR) is 354 cm³/mol. The molecule has 0 spiro atoms. The Morgan fingerprint density at radius 1 is 0.271 bits per heavy atom. The van der Waals surface area contributed by atoms with Gasteiger partial charge in [0.2, 0.25) is 0 Å². The Balaban J connectivity index is 1.13. The van der Waals surface area contributed by atoms with Crippen LogP contribution in [0.15, 0.2) is 267 Å². The first-order valence-corrected chi connectivity index (χ1v) is 29.4. The first-order valence-electron chi connectivity index (χ1n) is 28.6. The highest BCUT2D eigenvalue weighted by atomic mass is 32.1. The van der Waals surface area contributed by atoms with Crippen LogP contribution in [-0.2, 0) is 0 Å². The summed E-state index contributed by atoms with van der Waals surface area (Å²) in [6.45, 7) is 0. The molecule has 0 fully saturated rings. The van der Waals surface area contributed by atoms with Crippen molar-refractivity contribution < 1.29 is 0 Å². The number of para-hydroxylation sites is 6. The van der Waals surface area contributed by atoms with E-state index in [0.717, 1.165) is 120 Å². The van der Waals surface area contributed by atoms with Crippen LogP contribution in [0, 0.1) is 22.7 Å². The third-order valence-corrected chi connectivity index (χ3v) is 19.0. The van der Waals surface area contributed by atoms with Crippen molar-refractivity contribution in [2.24, 2.45) is 0 Å². The third-order valence-electron chi connectivity index (χ3n) is 17.8. The molecule has 85 heavy (non-hydrogen) atoms. The number of benzene rings is 13. The summed E-state index contributed by atoms with van der Waals surface area (Å²) >= 11 is 1.79. The molecule has 0 aliphatic carbocycles. The second kappa shape index (κ2) is 18.0. The van der Waals surface area contributed by atoms with Gasteiger partial charge in [0.25, 0.3) is 0 Å². The first-order chi connectivity index (χ1) is 42.2. The van der Waals surface area contributed by atoms with Gasteiger partial charge in [-0.15, -0.1) is 11.3 Å². The molecule has 0 aliphatic rings. The van der Waals surface area contributed by atoms with Crippen molar-refractivity contribution in [3.63, 3.8) is 0 Å². The Labute approximate surface area is 490 Å². The van der Waals surface area contributed by atoms with Crippen LogP contribution < -0.4 is 0 Å². The monoisotopic (exact) mass is 1100 g/mol. The summed E-state index contributed by atoms with van der Waals surface area (Å²) in [6.07, 6.45) is 0. The molecule has 6 nitrogen and oxygen atoms in total. The van der Waals surface area contributed by atoms with Gasteiger partial charge in [-0.3, -0.25) is 0 Å². The van der Waals surface area contributed by atoms with Gasteiger partial charge in [0.15, 0.2) is 0 Å². The first kappa shape index (κ1) is 47.2. The third kappa shape index (κ3) is 6.50. The van der Waals surface area contributed by atoms with E-state index < -0.39 is 0 Å². The van der Waals surface area contributed by atoms with Crippen LogP contribution >= 0.6 is 11.3 Å². The van der Waals surface area contributed by atoms with E-state index in [2.05, 4.69) is 297 Å². The lowest BCUT2D eigenvalue weighted by Crippen LogP contribution is -2.17. The van der Waals surface area contributed by atoms with Gasteiger partial charge in [-0.2, -0.15) is 10.5 Å². The number of nitrogens with zero attached hydrogens (tertiary/aromatic N) is 6. The van der Waals surface area contributed by atoms with E-state index in [4.69, 9.17) is 0 Å². The van der Waals surface area contributed by atoms with Gasteiger partial charge >= 0.3 is 0 Å². The van der Waals surface area contributed by atoms with Gasteiger partial charge < -0.3 is 18.3 Å². The predicted octanol–water partition coefficient (Wildman–Crippen LogP) is 20.7. The second-order valence-corrected chi connectivity index (χ2v) is 23.1. The number of thiophene rings is 1. The van der Waals surface area contributed by atoms with Gasteiger partial charge in [0.1, 0.15) is 23.3 Å². The summed E-state index contributed by atoms with van der Waals surface area (Å²) in [5, 5.41) is 38.6. The molecule has 5 heterocycles. The summed E-state index contributed by atoms with van der Waals surface area (Å²) in [4.78, 5) is 0. The number of nitriles is 2. The molecule has 18 aromatic rings. The summed E-state index contributed by atoms with van der Waals surface area (Å²) in [6, 6.07) is 101. The number of rotatable bonds is 6. The fraction of sp³-hybridized carbons (Fsp3) is 0. The van der Waals surface area contributed by atoms with E-state index in [1.807, 2.05) is 0 Å². The van der Waals surface area contributed by atoms with Crippen LogP contribution in [-0.4, -0.2) is 18.3 Å². The zero-order valence-corrected chi connectivity index (χ0v) is 46.3. The van der Waals surface area contributed by atoms with Gasteiger partial charge in [0.05, 0.1) is 71.6 Å². The van der Waals surface area contributed by atoms with Crippen LogP contribution in [0.1, 0.15) is 11.1 Å². The van der Waals surface area contributed by atoms with E-state index in [0.29, 0.717) is 33.9 Å². The number of fused-ring (bicyclic) bond motifs is 17. The molecule has 5 aromatic heterocycles. The fourth-order valence-corrected chi connectivity index (χ4v) is 15.6. The van der Waals surface area contributed by atoms with E-state index in [1.165, 1.54) is 20.9 Å². The van der Waals surface area contributed by atoms with Gasteiger partial charge in [-0.25, -0.2) is 0 Å². The zero-order chi connectivity index (χ0) is 56.0. The smallest absolute Gasteiger partial charge is 0.104 e. The standard InChI is InChI=1S/C78H44N6S/c79-45-63-73(81-65-33-12-5-25-53(65)54-26-6-13-34-66(54)81)64(46-80)75(83-69-37-16-9-29-57(69)58-30-10-17-38-70(58)83)77(74(63)82-67-35-14-7-27-55(67)56-28-8-15-36-68(56)82)84-71-44-48(50-23-3-4-24-51(50)52-32-19-21-47-20-1-2-22-49(47)52)40-41-59(71)61-42-43-62-60-31-11-18-39-72(60)85-78(62)76(61)84/h1-44H. The van der Waals surface area contributed by atoms with Crippen LogP contribution in [0.25, 0.3) is 163 Å². The molecule has 392 valence electrons. The van der Waals surface area contributed by atoms with Crippen molar-refractivity contribution in [1.29, 1.82) is 10.5 Å². The maximum Gasteiger partial charge on any atom is 0.104 e. The van der Waals surface area contributed by atoms with Crippen LogP contribution in [0.3, 0.4) is 0 Å². The van der Waals surface area contributed by atoms with Crippen LogP contribution in [0.2, 0.25) is 0 Å². The van der Waals surface area contributed by atoms with Gasteiger partial charge in [-0.05, 0) is 81.6 Å². The maximum atomic E-state index is 12.8. The topological polar surface area (TPSA) is 67.3 Å². The van der Waals surface area contributed by atoms with Crippen molar-refractivity contribution in [3.8, 4) is 57.1 Å². The van der Waals surface area contributed by atoms with Crippen molar-refractivity contribution in [1.82, 2.24) is 18.3 Å². The minimum Gasteiger partial charge on any atom is -0.306 e. The Kier molecular flexibility index (Phi) is 10.00. The molecule has 18 rings (SSSR count). The molecule has 0 amide bonds. The minimum atomic E-state index is 0.366. The second-order valence-electron chi connectivity index (χ2n) is 22.1. The number of hydrogen-bond donors (Lipinski definition) is 0. The van der Waals surface area contributed by atoms with E-state index >= 15 is 0 Å². The molecule has 7 heteroatoms. The Morgan fingerprint density at radius 3 is 1.19 bits per heavy atom. The average Bonchev–Trinajstić information content (AvgIpc) is 1.80. The molecule has 0 aliphatic heterocycles. The van der Waals surface area contributed by atoms with E-state index in [9.17, 15) is 10.5 Å². The molecular weight excluding hydrogens is 1050 g/mol.